The molecule has 0 bridgehead atoms. The Kier molecular flexibility index (Phi) is 5.18. The second kappa shape index (κ2) is 7.38. The van der Waals surface area contributed by atoms with Crippen molar-refractivity contribution in [1.82, 2.24) is 15.8 Å². The Bertz CT molecular complexity index is 928. The van der Waals surface area contributed by atoms with Crippen LogP contribution in [0.25, 0.3) is 0 Å². The Labute approximate surface area is 149 Å². The van der Waals surface area contributed by atoms with Crippen molar-refractivity contribution in [2.24, 2.45) is 4.99 Å². The van der Waals surface area contributed by atoms with Crippen molar-refractivity contribution in [3.63, 3.8) is 0 Å². The molecule has 26 heavy (non-hydrogen) atoms. The Hall–Kier alpha value is -2.53. The van der Waals surface area contributed by atoms with Crippen LogP contribution in [0.2, 0.25) is 0 Å². The van der Waals surface area contributed by atoms with Gasteiger partial charge in [0.15, 0.2) is 11.5 Å². The number of aromatic nitrogens is 2. The van der Waals surface area contributed by atoms with Crippen molar-refractivity contribution in [2.45, 2.75) is 18.9 Å². The number of aliphatic imine (C=N–C) groups is 1. The topological polar surface area (TPSA) is 130 Å². The van der Waals surface area contributed by atoms with Gasteiger partial charge in [-0.25, -0.2) is 17.4 Å². The van der Waals surface area contributed by atoms with Gasteiger partial charge in [0.25, 0.3) is 0 Å². The minimum atomic E-state index is -3.05. The summed E-state index contributed by atoms with van der Waals surface area (Å²) in [5.41, 5.74) is 3.85. The van der Waals surface area contributed by atoms with Crippen LogP contribution < -0.4 is 10.8 Å². The molecule has 1 unspecified atom stereocenters. The van der Waals surface area contributed by atoms with E-state index >= 15 is 0 Å². The molecular weight excluding hydrogens is 365 g/mol. The fourth-order valence-corrected chi connectivity index (χ4v) is 3.33. The molecule has 1 heterocycles. The lowest BCUT2D eigenvalue weighted by Crippen LogP contribution is -2.26. The number of sulfone groups is 1. The van der Waals surface area contributed by atoms with E-state index in [1.165, 1.54) is 12.1 Å². The molecule has 3 N–H and O–H groups in total. The van der Waals surface area contributed by atoms with Gasteiger partial charge in [0.05, 0.1) is 11.8 Å². The number of hydroxylamine groups is 1. The molecule has 3 rings (SSSR count). The van der Waals surface area contributed by atoms with Gasteiger partial charge in [-0.2, -0.15) is 0 Å². The first-order chi connectivity index (χ1) is 12.4. The van der Waals surface area contributed by atoms with Crippen LogP contribution in [-0.4, -0.2) is 48.3 Å². The predicted molar refractivity (Wildman–Crippen MR) is 91.4 cm³/mol. The molecule has 11 heteroatoms. The maximum absolute atomic E-state index is 13.4. The van der Waals surface area contributed by atoms with Crippen molar-refractivity contribution in [3.05, 3.63) is 40.8 Å². The van der Waals surface area contributed by atoms with E-state index in [0.29, 0.717) is 19.4 Å². The predicted octanol–water partition coefficient (Wildman–Crippen LogP) is 1.08. The summed E-state index contributed by atoms with van der Waals surface area (Å²) in [5, 5.41) is 19.7. The monoisotopic (exact) mass is 383 g/mol. The molecule has 1 atom stereocenters. The summed E-state index contributed by atoms with van der Waals surface area (Å²) in [6.07, 6.45) is 2.15. The number of benzene rings is 1. The first-order valence-corrected chi connectivity index (χ1v) is 9.94. The highest BCUT2D eigenvalue weighted by Crippen LogP contribution is 2.36. The molecule has 2 aromatic rings. The maximum Gasteiger partial charge on any atom is 0.202 e. The minimum Gasteiger partial charge on any atom is -0.365 e. The second-order valence-electron chi connectivity index (χ2n) is 6.02. The van der Waals surface area contributed by atoms with Crippen LogP contribution in [-0.2, 0) is 16.3 Å². The van der Waals surface area contributed by atoms with Crippen molar-refractivity contribution >= 4 is 21.5 Å². The third-order valence-electron chi connectivity index (χ3n) is 3.97. The van der Waals surface area contributed by atoms with E-state index in [9.17, 15) is 18.0 Å². The number of fused-ring (bicyclic) bond motifs is 1. The van der Waals surface area contributed by atoms with Crippen LogP contribution in [0.4, 0.5) is 10.2 Å². The quantitative estimate of drug-likeness (QED) is 0.280. The van der Waals surface area contributed by atoms with Gasteiger partial charge in [0.2, 0.25) is 5.82 Å². The number of anilines is 1. The molecular formula is C15H18FN5O4S. The van der Waals surface area contributed by atoms with Gasteiger partial charge >= 0.3 is 0 Å². The summed E-state index contributed by atoms with van der Waals surface area (Å²) in [6, 6.07) is 4.19. The lowest BCUT2D eigenvalue weighted by molar-refractivity contribution is 0.232. The molecule has 1 aliphatic rings. The number of amidine groups is 1. The highest BCUT2D eigenvalue weighted by Gasteiger charge is 2.28. The molecule has 0 aliphatic heterocycles. The maximum atomic E-state index is 13.4. The molecule has 1 aromatic heterocycles. The molecule has 140 valence electrons. The van der Waals surface area contributed by atoms with Crippen molar-refractivity contribution in [3.8, 4) is 0 Å². The standard InChI is InChI=1S/C15H18FN5O4S/c1-26(23,24)6-2-5-17-14-13(20-25-21-14)15(19-22)18-12-7-9-3-4-10(16)8-11(9)12/h3-4,8,12,22H,2,5-7H2,1H3,(H,17,21)(H,18,19). The van der Waals surface area contributed by atoms with Crippen LogP contribution in [0.3, 0.4) is 0 Å². The van der Waals surface area contributed by atoms with Crippen LogP contribution in [0.15, 0.2) is 27.8 Å². The van der Waals surface area contributed by atoms with Gasteiger partial charge in [-0.1, -0.05) is 6.07 Å². The summed E-state index contributed by atoms with van der Waals surface area (Å²) < 4.78 is 40.3. The minimum absolute atomic E-state index is 0.0248. The average molecular weight is 383 g/mol. The molecule has 1 aromatic carbocycles. The second-order valence-corrected chi connectivity index (χ2v) is 8.28. The van der Waals surface area contributed by atoms with E-state index < -0.39 is 9.84 Å². The van der Waals surface area contributed by atoms with Crippen LogP contribution in [0.5, 0.6) is 0 Å². The fourth-order valence-electron chi connectivity index (χ4n) is 2.66. The number of halogens is 1. The SMILES string of the molecule is CS(=O)(=O)CCCNc1nonc1C(=NC1Cc2ccc(F)cc21)NO. The Morgan fingerprint density at radius 1 is 1.46 bits per heavy atom. The van der Waals surface area contributed by atoms with Gasteiger partial charge in [0.1, 0.15) is 15.7 Å². The summed E-state index contributed by atoms with van der Waals surface area (Å²) in [7, 11) is -3.05. The summed E-state index contributed by atoms with van der Waals surface area (Å²) in [5.74, 6) is -0.0719. The largest absolute Gasteiger partial charge is 0.365 e. The Morgan fingerprint density at radius 3 is 3.00 bits per heavy atom. The number of rotatable bonds is 7. The third kappa shape index (κ3) is 4.17. The molecule has 0 saturated carbocycles. The normalized spacial score (nSPS) is 16.7. The molecule has 1 aliphatic carbocycles. The average Bonchev–Trinajstić information content (AvgIpc) is 3.02. The zero-order valence-electron chi connectivity index (χ0n) is 13.9. The zero-order valence-corrected chi connectivity index (χ0v) is 14.8. The highest BCUT2D eigenvalue weighted by atomic mass is 32.2. The molecule has 0 spiro atoms. The molecule has 9 nitrogen and oxygen atoms in total. The summed E-state index contributed by atoms with van der Waals surface area (Å²) >= 11 is 0. The number of nitrogens with one attached hydrogen (secondary N) is 2. The van der Waals surface area contributed by atoms with Gasteiger partial charge in [-0.15, -0.1) is 0 Å². The number of hydrogen-bond donors (Lipinski definition) is 3. The van der Waals surface area contributed by atoms with E-state index in [1.54, 1.807) is 6.07 Å². The van der Waals surface area contributed by atoms with Gasteiger partial charge in [0, 0.05) is 12.8 Å². The summed E-state index contributed by atoms with van der Waals surface area (Å²) in [4.78, 5) is 4.34. The van der Waals surface area contributed by atoms with E-state index in [0.717, 1.165) is 17.4 Å². The number of hydrogen-bond acceptors (Lipinski definition) is 8. The molecule has 0 radical (unpaired) electrons. The Balaban J connectivity index is 1.71. The van der Waals surface area contributed by atoms with E-state index in [-0.39, 0.29) is 35.0 Å². The van der Waals surface area contributed by atoms with Crippen molar-refractivity contribution < 1.29 is 22.6 Å². The molecule has 0 fully saturated rings. The highest BCUT2D eigenvalue weighted by molar-refractivity contribution is 7.90. The number of nitrogens with zero attached hydrogens (tertiary/aromatic N) is 3. The lowest BCUT2D eigenvalue weighted by atomic mass is 9.83. The summed E-state index contributed by atoms with van der Waals surface area (Å²) in [6.45, 7) is 0.324. The zero-order chi connectivity index (χ0) is 18.7. The van der Waals surface area contributed by atoms with Crippen molar-refractivity contribution in [2.75, 3.05) is 23.9 Å². The Morgan fingerprint density at radius 2 is 2.27 bits per heavy atom. The van der Waals surface area contributed by atoms with E-state index in [2.05, 4.69) is 25.3 Å². The first-order valence-electron chi connectivity index (χ1n) is 7.88. The molecule has 0 amide bonds. The van der Waals surface area contributed by atoms with Gasteiger partial charge in [-0.05, 0) is 46.4 Å². The van der Waals surface area contributed by atoms with Crippen LogP contribution in [0.1, 0.15) is 29.3 Å². The van der Waals surface area contributed by atoms with E-state index in [4.69, 9.17) is 0 Å². The smallest absolute Gasteiger partial charge is 0.202 e. The third-order valence-corrected chi connectivity index (χ3v) is 5.00. The fraction of sp³-hybridized carbons (Fsp3) is 0.400. The van der Waals surface area contributed by atoms with Crippen LogP contribution in [0, 0.1) is 5.82 Å². The van der Waals surface area contributed by atoms with Gasteiger partial charge < -0.3 is 5.32 Å². The van der Waals surface area contributed by atoms with Gasteiger partial charge in [-0.3, -0.25) is 15.7 Å². The van der Waals surface area contributed by atoms with Crippen molar-refractivity contribution in [1.29, 1.82) is 0 Å². The van der Waals surface area contributed by atoms with Crippen LogP contribution >= 0.6 is 0 Å². The molecule has 0 saturated heterocycles. The lowest BCUT2D eigenvalue weighted by Gasteiger charge is -2.27. The van der Waals surface area contributed by atoms with E-state index in [1.807, 2.05) is 5.48 Å². The first kappa shape index (κ1) is 18.3.